The number of hydrogen-bond donors (Lipinski definition) is 2. The number of guanidine groups is 1. The van der Waals surface area contributed by atoms with Gasteiger partial charge in [0, 0.05) is 32.2 Å². The van der Waals surface area contributed by atoms with Gasteiger partial charge in [-0.1, -0.05) is 18.2 Å². The molecular formula is C23H33N5O3. The van der Waals surface area contributed by atoms with Crippen LogP contribution in [0.4, 0.5) is 4.79 Å². The van der Waals surface area contributed by atoms with Gasteiger partial charge in [0.1, 0.15) is 11.9 Å². The van der Waals surface area contributed by atoms with E-state index < -0.39 is 5.60 Å². The molecule has 1 unspecified atom stereocenters. The predicted molar refractivity (Wildman–Crippen MR) is 121 cm³/mol. The summed E-state index contributed by atoms with van der Waals surface area (Å²) in [6.45, 7) is 8.33. The van der Waals surface area contributed by atoms with Crippen molar-refractivity contribution >= 4 is 12.1 Å². The van der Waals surface area contributed by atoms with E-state index in [9.17, 15) is 4.79 Å². The number of aromatic nitrogens is 1. The number of hydrogen-bond acceptors (Lipinski definition) is 5. The van der Waals surface area contributed by atoms with Gasteiger partial charge in [0.15, 0.2) is 5.96 Å². The van der Waals surface area contributed by atoms with Crippen molar-refractivity contribution < 1.29 is 13.9 Å². The molecule has 1 aliphatic rings. The van der Waals surface area contributed by atoms with Crippen molar-refractivity contribution in [3.63, 3.8) is 0 Å². The lowest BCUT2D eigenvalue weighted by molar-refractivity contribution is 0.0168. The van der Waals surface area contributed by atoms with Crippen molar-refractivity contribution in [2.24, 2.45) is 10.9 Å². The molecule has 1 aliphatic heterocycles. The summed E-state index contributed by atoms with van der Waals surface area (Å²) in [6.07, 6.45) is 3.45. The van der Waals surface area contributed by atoms with E-state index in [0.29, 0.717) is 30.9 Å². The predicted octanol–water partition coefficient (Wildman–Crippen LogP) is 3.65. The number of benzene rings is 1. The number of carbonyl (C=O) groups is 1. The Hall–Kier alpha value is -3.03. The molecular weight excluding hydrogens is 394 g/mol. The van der Waals surface area contributed by atoms with Crippen LogP contribution in [-0.4, -0.2) is 54.2 Å². The van der Waals surface area contributed by atoms with Crippen molar-refractivity contribution in [2.45, 2.75) is 45.8 Å². The highest BCUT2D eigenvalue weighted by molar-refractivity contribution is 5.79. The molecule has 31 heavy (non-hydrogen) atoms. The number of carbonyl (C=O) groups excluding carboxylic acids is 1. The minimum Gasteiger partial charge on any atom is -0.444 e. The summed E-state index contributed by atoms with van der Waals surface area (Å²) in [7, 11) is 1.74. The van der Waals surface area contributed by atoms with Crippen LogP contribution in [0.15, 0.2) is 46.0 Å². The molecule has 2 heterocycles. The summed E-state index contributed by atoms with van der Waals surface area (Å²) in [5.41, 5.74) is 1.27. The highest BCUT2D eigenvalue weighted by Crippen LogP contribution is 2.19. The van der Waals surface area contributed by atoms with E-state index in [2.05, 4.69) is 20.6 Å². The van der Waals surface area contributed by atoms with Gasteiger partial charge >= 0.3 is 6.09 Å². The third kappa shape index (κ3) is 7.01. The van der Waals surface area contributed by atoms with Gasteiger partial charge in [-0.2, -0.15) is 0 Å². The van der Waals surface area contributed by atoms with Crippen molar-refractivity contribution in [1.29, 1.82) is 0 Å². The lowest BCUT2D eigenvalue weighted by atomic mass is 9.98. The highest BCUT2D eigenvalue weighted by Gasteiger charge is 2.27. The molecule has 3 rings (SSSR count). The molecule has 1 amide bonds. The zero-order valence-corrected chi connectivity index (χ0v) is 18.9. The van der Waals surface area contributed by atoms with Gasteiger partial charge in [-0.3, -0.25) is 4.99 Å². The number of ether oxygens (including phenoxy) is 1. The fourth-order valence-electron chi connectivity index (χ4n) is 3.46. The fraction of sp³-hybridized carbons (Fsp3) is 0.522. The van der Waals surface area contributed by atoms with E-state index in [0.717, 1.165) is 37.2 Å². The zero-order valence-electron chi connectivity index (χ0n) is 18.9. The number of piperidine rings is 1. The van der Waals surface area contributed by atoms with Crippen LogP contribution in [0.3, 0.4) is 0 Å². The molecule has 1 atom stereocenters. The fourth-order valence-corrected chi connectivity index (χ4v) is 3.46. The minimum atomic E-state index is -0.476. The molecule has 168 valence electrons. The van der Waals surface area contributed by atoms with Crippen LogP contribution in [-0.2, 0) is 11.3 Å². The summed E-state index contributed by atoms with van der Waals surface area (Å²) in [5.74, 6) is 1.64. The monoisotopic (exact) mass is 427 g/mol. The highest BCUT2D eigenvalue weighted by atomic mass is 16.6. The number of likely N-dealkylation sites (tertiary alicyclic amines) is 1. The average molecular weight is 428 g/mol. The second kappa shape index (κ2) is 10.3. The van der Waals surface area contributed by atoms with Gasteiger partial charge in [0.25, 0.3) is 0 Å². The molecule has 0 bridgehead atoms. The SMILES string of the molecule is CN=C(NCc1coc(-c2ccccc2)n1)NCC1CCCN(C(=O)OC(C)(C)C)C1. The van der Waals surface area contributed by atoms with Gasteiger partial charge in [0.2, 0.25) is 5.89 Å². The first-order valence-electron chi connectivity index (χ1n) is 10.8. The quantitative estimate of drug-likeness (QED) is 0.559. The molecule has 1 aromatic heterocycles. The van der Waals surface area contributed by atoms with E-state index in [1.807, 2.05) is 51.1 Å². The van der Waals surface area contributed by atoms with E-state index in [-0.39, 0.29) is 6.09 Å². The summed E-state index contributed by atoms with van der Waals surface area (Å²) in [5, 5.41) is 6.62. The molecule has 1 aromatic carbocycles. The smallest absolute Gasteiger partial charge is 0.410 e. The van der Waals surface area contributed by atoms with E-state index in [1.165, 1.54) is 0 Å². The zero-order chi connectivity index (χ0) is 22.3. The second-order valence-corrected chi connectivity index (χ2v) is 8.75. The topological polar surface area (TPSA) is 92.0 Å². The maximum absolute atomic E-state index is 12.3. The van der Waals surface area contributed by atoms with Gasteiger partial charge in [-0.15, -0.1) is 0 Å². The molecule has 0 aliphatic carbocycles. The first kappa shape index (κ1) is 22.7. The van der Waals surface area contributed by atoms with Crippen molar-refractivity contribution in [3.8, 4) is 11.5 Å². The number of nitrogens with zero attached hydrogens (tertiary/aromatic N) is 3. The largest absolute Gasteiger partial charge is 0.444 e. The molecule has 0 saturated carbocycles. The Morgan fingerprint density at radius 2 is 2.06 bits per heavy atom. The van der Waals surface area contributed by atoms with Crippen molar-refractivity contribution in [2.75, 3.05) is 26.7 Å². The van der Waals surface area contributed by atoms with Crippen LogP contribution in [0.25, 0.3) is 11.5 Å². The van der Waals surface area contributed by atoms with Gasteiger partial charge in [-0.25, -0.2) is 9.78 Å². The molecule has 8 nitrogen and oxygen atoms in total. The van der Waals surface area contributed by atoms with Gasteiger partial charge in [0.05, 0.1) is 12.2 Å². The molecule has 8 heteroatoms. The molecule has 0 radical (unpaired) electrons. The Bertz CT molecular complexity index is 873. The van der Waals surface area contributed by atoms with E-state index in [1.54, 1.807) is 18.2 Å². The maximum Gasteiger partial charge on any atom is 0.410 e. The number of aliphatic imine (C=N–C) groups is 1. The number of nitrogens with one attached hydrogen (secondary N) is 2. The molecule has 0 spiro atoms. The average Bonchev–Trinajstić information content (AvgIpc) is 3.23. The van der Waals surface area contributed by atoms with Gasteiger partial charge in [-0.05, 0) is 51.7 Å². The van der Waals surface area contributed by atoms with Crippen LogP contribution < -0.4 is 10.6 Å². The van der Waals surface area contributed by atoms with E-state index in [4.69, 9.17) is 9.15 Å². The Kier molecular flexibility index (Phi) is 7.55. The molecule has 2 aromatic rings. The van der Waals surface area contributed by atoms with Crippen LogP contribution in [0.1, 0.15) is 39.3 Å². The van der Waals surface area contributed by atoms with Gasteiger partial charge < -0.3 is 24.7 Å². The maximum atomic E-state index is 12.3. The standard InChI is InChI=1S/C23H33N5O3/c1-23(2,3)31-22(29)28-12-8-9-17(15-28)13-25-21(24-4)26-14-19-16-30-20(27-19)18-10-6-5-7-11-18/h5-7,10-11,16-17H,8-9,12-15H2,1-4H3,(H2,24,25,26). The number of amides is 1. The molecule has 1 saturated heterocycles. The van der Waals surface area contributed by atoms with Crippen LogP contribution in [0, 0.1) is 5.92 Å². The third-order valence-electron chi connectivity index (χ3n) is 4.96. The molecule has 1 fully saturated rings. The van der Waals surface area contributed by atoms with Crippen LogP contribution in [0.5, 0.6) is 0 Å². The Balaban J connectivity index is 1.45. The van der Waals surface area contributed by atoms with Crippen LogP contribution >= 0.6 is 0 Å². The lowest BCUT2D eigenvalue weighted by Gasteiger charge is -2.34. The normalized spacial score (nSPS) is 17.4. The summed E-state index contributed by atoms with van der Waals surface area (Å²) >= 11 is 0. The first-order chi connectivity index (χ1) is 14.8. The summed E-state index contributed by atoms with van der Waals surface area (Å²) in [4.78, 5) is 23.0. The number of rotatable bonds is 5. The summed E-state index contributed by atoms with van der Waals surface area (Å²) < 4.78 is 11.1. The lowest BCUT2D eigenvalue weighted by Crippen LogP contribution is -2.47. The van der Waals surface area contributed by atoms with Crippen molar-refractivity contribution in [3.05, 3.63) is 42.3 Å². The Morgan fingerprint density at radius 1 is 1.29 bits per heavy atom. The Morgan fingerprint density at radius 3 is 2.77 bits per heavy atom. The first-order valence-corrected chi connectivity index (χ1v) is 10.8. The van der Waals surface area contributed by atoms with Crippen molar-refractivity contribution in [1.82, 2.24) is 20.5 Å². The third-order valence-corrected chi connectivity index (χ3v) is 4.96. The second-order valence-electron chi connectivity index (χ2n) is 8.75. The minimum absolute atomic E-state index is 0.236. The van der Waals surface area contributed by atoms with Crippen LogP contribution in [0.2, 0.25) is 0 Å². The molecule has 2 N–H and O–H groups in total. The van der Waals surface area contributed by atoms with E-state index >= 15 is 0 Å². The summed E-state index contributed by atoms with van der Waals surface area (Å²) in [6, 6.07) is 9.81. The number of oxazole rings is 1. The Labute approximate surface area is 184 Å².